The van der Waals surface area contributed by atoms with E-state index in [1.54, 1.807) is 0 Å². The third-order valence-corrected chi connectivity index (χ3v) is 6.09. The number of aromatic nitrogens is 2. The second kappa shape index (κ2) is 6.75. The van der Waals surface area contributed by atoms with Gasteiger partial charge in [-0.05, 0) is 57.2 Å². The molecule has 1 aliphatic carbocycles. The zero-order valence-electron chi connectivity index (χ0n) is 15.8. The Kier molecular flexibility index (Phi) is 4.23. The van der Waals surface area contributed by atoms with Crippen LogP contribution >= 0.6 is 0 Å². The first-order valence-corrected chi connectivity index (χ1v) is 10.1. The van der Waals surface area contributed by atoms with Crippen LogP contribution in [0.25, 0.3) is 0 Å². The largest absolute Gasteiger partial charge is 0.338 e. The van der Waals surface area contributed by atoms with Crippen molar-refractivity contribution >= 4 is 5.91 Å². The van der Waals surface area contributed by atoms with E-state index in [1.807, 2.05) is 36.1 Å². The van der Waals surface area contributed by atoms with Gasteiger partial charge in [0.05, 0.1) is 12.0 Å². The molecule has 6 nitrogen and oxygen atoms in total. The van der Waals surface area contributed by atoms with E-state index in [-0.39, 0.29) is 17.9 Å². The predicted molar refractivity (Wildman–Crippen MR) is 100 cm³/mol. The lowest BCUT2D eigenvalue weighted by Crippen LogP contribution is -2.48. The van der Waals surface area contributed by atoms with E-state index in [9.17, 15) is 4.79 Å². The monoisotopic (exact) mass is 366 g/mol. The van der Waals surface area contributed by atoms with Crippen LogP contribution < -0.4 is 0 Å². The average Bonchev–Trinajstić information content (AvgIpc) is 3.11. The van der Waals surface area contributed by atoms with Crippen LogP contribution in [0, 0.1) is 12.8 Å². The lowest BCUT2D eigenvalue weighted by Gasteiger charge is -2.37. The predicted octanol–water partition coefficient (Wildman–Crippen LogP) is 3.16. The Morgan fingerprint density at radius 2 is 2.11 bits per heavy atom. The summed E-state index contributed by atoms with van der Waals surface area (Å²) in [6.07, 6.45) is 5.05. The molecule has 1 unspecified atom stereocenters. The van der Waals surface area contributed by atoms with Gasteiger partial charge in [0.25, 0.3) is 5.91 Å². The van der Waals surface area contributed by atoms with E-state index in [0.29, 0.717) is 13.1 Å². The quantitative estimate of drug-likeness (QED) is 0.813. The Bertz CT molecular complexity index is 838. The van der Waals surface area contributed by atoms with E-state index >= 15 is 0 Å². The molecule has 2 aliphatic heterocycles. The van der Waals surface area contributed by atoms with Crippen molar-refractivity contribution in [2.24, 2.45) is 5.92 Å². The molecule has 0 radical (unpaired) electrons. The van der Waals surface area contributed by atoms with Crippen molar-refractivity contribution < 1.29 is 9.32 Å². The Balaban J connectivity index is 1.21. The molecule has 3 fully saturated rings. The minimum absolute atomic E-state index is 0.0880. The Morgan fingerprint density at radius 1 is 1.26 bits per heavy atom. The standard InChI is InChI=1S/C21H26N4O2/c1-14-4-2-5-16(10-14)21(26)25-12-17(13-25)19-22-20(27-23-19)18-6-3-9-24(18)11-15-7-8-15/h2,4-5,10,15,17-18H,3,6-9,11-13H2,1H3. The molecule has 5 rings (SSSR count). The van der Waals surface area contributed by atoms with Gasteiger partial charge in [-0.3, -0.25) is 9.69 Å². The molecular weight excluding hydrogens is 340 g/mol. The normalized spacial score (nSPS) is 23.6. The zero-order valence-corrected chi connectivity index (χ0v) is 15.8. The SMILES string of the molecule is Cc1cccc(C(=O)N2CC(c3noc(C4CCCN4CC4CC4)n3)C2)c1. The summed E-state index contributed by atoms with van der Waals surface area (Å²) in [5.41, 5.74) is 1.86. The summed E-state index contributed by atoms with van der Waals surface area (Å²) in [5.74, 6) is 2.68. The van der Waals surface area contributed by atoms with Crippen molar-refractivity contribution in [3.05, 3.63) is 47.1 Å². The number of nitrogens with zero attached hydrogens (tertiary/aromatic N) is 4. The van der Waals surface area contributed by atoms with Gasteiger partial charge in [0.1, 0.15) is 0 Å². The first-order valence-electron chi connectivity index (χ1n) is 10.1. The van der Waals surface area contributed by atoms with Crippen LogP contribution in [-0.4, -0.2) is 52.0 Å². The molecule has 3 aliphatic rings. The second-order valence-electron chi connectivity index (χ2n) is 8.36. The number of aryl methyl sites for hydroxylation is 1. The highest BCUT2D eigenvalue weighted by molar-refractivity contribution is 5.95. The van der Waals surface area contributed by atoms with Gasteiger partial charge in [0.15, 0.2) is 5.82 Å². The van der Waals surface area contributed by atoms with Crippen molar-refractivity contribution in [2.75, 3.05) is 26.2 Å². The number of carbonyl (C=O) groups is 1. The van der Waals surface area contributed by atoms with E-state index < -0.39 is 0 Å². The van der Waals surface area contributed by atoms with Crippen LogP contribution in [0.5, 0.6) is 0 Å². The molecule has 1 atom stereocenters. The Hall–Kier alpha value is -2.21. The minimum Gasteiger partial charge on any atom is -0.338 e. The maximum Gasteiger partial charge on any atom is 0.253 e. The van der Waals surface area contributed by atoms with E-state index in [4.69, 9.17) is 9.51 Å². The third kappa shape index (κ3) is 3.38. The Labute approximate surface area is 159 Å². The lowest BCUT2D eigenvalue weighted by atomic mass is 9.98. The molecule has 3 heterocycles. The molecule has 1 amide bonds. The maximum absolute atomic E-state index is 12.6. The minimum atomic E-state index is 0.0880. The fourth-order valence-electron chi connectivity index (χ4n) is 4.27. The van der Waals surface area contributed by atoms with Gasteiger partial charge in [-0.2, -0.15) is 4.98 Å². The fraction of sp³-hybridized carbons (Fsp3) is 0.571. The number of benzene rings is 1. The van der Waals surface area contributed by atoms with Crippen molar-refractivity contribution in [3.63, 3.8) is 0 Å². The van der Waals surface area contributed by atoms with Gasteiger partial charge in [-0.1, -0.05) is 22.9 Å². The first kappa shape index (κ1) is 16.9. The van der Waals surface area contributed by atoms with Crippen molar-refractivity contribution in [3.8, 4) is 0 Å². The molecule has 0 N–H and O–H groups in total. The molecule has 27 heavy (non-hydrogen) atoms. The highest BCUT2D eigenvalue weighted by atomic mass is 16.5. The van der Waals surface area contributed by atoms with Gasteiger partial charge in [-0.15, -0.1) is 0 Å². The number of hydrogen-bond acceptors (Lipinski definition) is 5. The van der Waals surface area contributed by atoms with Crippen LogP contribution in [0.15, 0.2) is 28.8 Å². The van der Waals surface area contributed by atoms with Gasteiger partial charge in [0.2, 0.25) is 5.89 Å². The maximum atomic E-state index is 12.6. The number of rotatable bonds is 5. The summed E-state index contributed by atoms with van der Waals surface area (Å²) >= 11 is 0. The third-order valence-electron chi connectivity index (χ3n) is 6.09. The molecule has 0 spiro atoms. The van der Waals surface area contributed by atoms with E-state index in [0.717, 1.165) is 41.7 Å². The number of likely N-dealkylation sites (tertiary alicyclic amines) is 2. The summed E-state index contributed by atoms with van der Waals surface area (Å²) in [4.78, 5) is 21.7. The molecule has 142 valence electrons. The van der Waals surface area contributed by atoms with Crippen molar-refractivity contribution in [2.45, 2.75) is 44.6 Å². The number of carbonyl (C=O) groups excluding carboxylic acids is 1. The smallest absolute Gasteiger partial charge is 0.253 e. The number of amides is 1. The molecule has 2 aromatic rings. The van der Waals surface area contributed by atoms with Crippen LogP contribution in [0.3, 0.4) is 0 Å². The second-order valence-corrected chi connectivity index (χ2v) is 8.36. The summed E-state index contributed by atoms with van der Waals surface area (Å²) in [5, 5.41) is 4.24. The number of hydrogen-bond donors (Lipinski definition) is 0. The first-order chi connectivity index (χ1) is 13.2. The van der Waals surface area contributed by atoms with Crippen LogP contribution in [0.2, 0.25) is 0 Å². The molecular formula is C21H26N4O2. The topological polar surface area (TPSA) is 62.5 Å². The highest BCUT2D eigenvalue weighted by Crippen LogP contribution is 2.37. The van der Waals surface area contributed by atoms with Crippen LogP contribution in [0.1, 0.15) is 65.3 Å². The summed E-state index contributed by atoms with van der Waals surface area (Å²) in [7, 11) is 0. The average molecular weight is 366 g/mol. The van der Waals surface area contributed by atoms with Gasteiger partial charge < -0.3 is 9.42 Å². The highest BCUT2D eigenvalue weighted by Gasteiger charge is 2.38. The van der Waals surface area contributed by atoms with Crippen LogP contribution in [0.4, 0.5) is 0 Å². The van der Waals surface area contributed by atoms with Gasteiger partial charge in [0, 0.05) is 25.2 Å². The van der Waals surface area contributed by atoms with E-state index in [1.165, 1.54) is 25.8 Å². The van der Waals surface area contributed by atoms with Crippen LogP contribution in [-0.2, 0) is 0 Å². The lowest BCUT2D eigenvalue weighted by molar-refractivity contribution is 0.0592. The van der Waals surface area contributed by atoms with Crippen molar-refractivity contribution in [1.82, 2.24) is 19.9 Å². The van der Waals surface area contributed by atoms with Gasteiger partial charge >= 0.3 is 0 Å². The molecule has 0 bridgehead atoms. The molecule has 6 heteroatoms. The zero-order chi connectivity index (χ0) is 18.4. The summed E-state index contributed by atoms with van der Waals surface area (Å²) in [6, 6.07) is 8.05. The molecule has 1 aromatic carbocycles. The molecule has 1 saturated carbocycles. The summed E-state index contributed by atoms with van der Waals surface area (Å²) < 4.78 is 5.63. The molecule has 2 saturated heterocycles. The molecule has 1 aromatic heterocycles. The fourth-order valence-corrected chi connectivity index (χ4v) is 4.27. The van der Waals surface area contributed by atoms with Gasteiger partial charge in [-0.25, -0.2) is 0 Å². The summed E-state index contributed by atoms with van der Waals surface area (Å²) in [6.45, 7) is 5.65. The van der Waals surface area contributed by atoms with Crippen molar-refractivity contribution in [1.29, 1.82) is 0 Å². The Morgan fingerprint density at radius 3 is 2.89 bits per heavy atom. The van der Waals surface area contributed by atoms with E-state index in [2.05, 4.69) is 10.1 Å².